The van der Waals surface area contributed by atoms with Crippen LogP contribution in [0, 0.1) is 0 Å². The summed E-state index contributed by atoms with van der Waals surface area (Å²) >= 11 is 0. The molecule has 1 aromatic heterocycles. The van der Waals surface area contributed by atoms with E-state index in [2.05, 4.69) is 31.8 Å². The summed E-state index contributed by atoms with van der Waals surface area (Å²) in [5.74, 6) is 0.0926. The quantitative estimate of drug-likeness (QED) is 0.286. The highest BCUT2D eigenvalue weighted by Gasteiger charge is 2.54. The average molecular weight is 541 g/mol. The van der Waals surface area contributed by atoms with Crippen LogP contribution in [0.1, 0.15) is 39.5 Å². The first-order valence-corrected chi connectivity index (χ1v) is 13.7. The second-order valence-corrected chi connectivity index (χ2v) is 12.8. The third-order valence-electron chi connectivity index (χ3n) is 5.47. The minimum Gasteiger partial charge on any atom is -0.383 e. The number of hydrogen-bond acceptors (Lipinski definition) is 11. The minimum atomic E-state index is -1.55. The maximum absolute atomic E-state index is 12.4. The molecule has 36 heavy (non-hydrogen) atoms. The van der Waals surface area contributed by atoms with E-state index in [1.165, 1.54) is 23.9 Å². The van der Waals surface area contributed by atoms with E-state index in [0.717, 1.165) is 10.5 Å². The highest BCUT2D eigenvalue weighted by Crippen LogP contribution is 2.42. The van der Waals surface area contributed by atoms with Crippen LogP contribution < -0.4 is 17.2 Å². The summed E-state index contributed by atoms with van der Waals surface area (Å²) in [4.78, 5) is 17.3. The Bertz CT molecular complexity index is 1060. The Morgan fingerprint density at radius 1 is 1.31 bits per heavy atom. The summed E-state index contributed by atoms with van der Waals surface area (Å²) < 4.78 is 24.0. The maximum Gasteiger partial charge on any atom is 0.351 e. The normalized spacial score (nSPS) is 25.2. The van der Waals surface area contributed by atoms with Crippen molar-refractivity contribution in [1.82, 2.24) is 9.55 Å². The van der Waals surface area contributed by atoms with Crippen LogP contribution in [0.15, 0.2) is 46.2 Å². The van der Waals surface area contributed by atoms with Crippen molar-refractivity contribution in [3.63, 3.8) is 0 Å². The second kappa shape index (κ2) is 12.3. The molecule has 5 N–H and O–H groups in total. The number of ether oxygens (including phenoxy) is 4. The number of nitrogens with zero attached hydrogens (tertiary/aromatic N) is 2. The van der Waals surface area contributed by atoms with Gasteiger partial charge in [0.05, 0.1) is 18.8 Å². The van der Waals surface area contributed by atoms with Gasteiger partial charge in [-0.05, 0) is 31.0 Å². The highest BCUT2D eigenvalue weighted by molar-refractivity contribution is 8.77. The largest absolute Gasteiger partial charge is 0.383 e. The Morgan fingerprint density at radius 2 is 2.03 bits per heavy atom. The fourth-order valence-electron chi connectivity index (χ4n) is 3.82. The molecule has 2 heterocycles. The van der Waals surface area contributed by atoms with Gasteiger partial charge in [0, 0.05) is 22.9 Å². The monoisotopic (exact) mass is 540 g/mol. The number of aliphatic hydroxyl groups is 1. The lowest BCUT2D eigenvalue weighted by molar-refractivity contribution is -0.292. The van der Waals surface area contributed by atoms with E-state index in [9.17, 15) is 9.90 Å². The van der Waals surface area contributed by atoms with Crippen molar-refractivity contribution >= 4 is 27.4 Å². The lowest BCUT2D eigenvalue weighted by Crippen LogP contribution is -2.55. The molecule has 200 valence electrons. The molecule has 0 aliphatic carbocycles. The van der Waals surface area contributed by atoms with Gasteiger partial charge >= 0.3 is 5.69 Å². The predicted octanol–water partition coefficient (Wildman–Crippen LogP) is 2.55. The first-order valence-electron chi connectivity index (χ1n) is 11.6. The predicted molar refractivity (Wildman–Crippen MR) is 141 cm³/mol. The van der Waals surface area contributed by atoms with Gasteiger partial charge in [0.25, 0.3) is 6.48 Å². The van der Waals surface area contributed by atoms with Gasteiger partial charge < -0.3 is 35.5 Å². The first kappa shape index (κ1) is 28.9. The van der Waals surface area contributed by atoms with E-state index in [4.69, 9.17) is 30.4 Å². The molecule has 1 saturated heterocycles. The first-order chi connectivity index (χ1) is 16.9. The molecule has 5 atom stereocenters. The van der Waals surface area contributed by atoms with Crippen molar-refractivity contribution in [1.29, 1.82) is 0 Å². The topological polar surface area (TPSA) is 144 Å². The van der Waals surface area contributed by atoms with Crippen LogP contribution >= 0.6 is 21.6 Å². The number of methoxy groups -OCH3 is 1. The van der Waals surface area contributed by atoms with Gasteiger partial charge in [-0.15, -0.1) is 0 Å². The maximum atomic E-state index is 12.4. The van der Waals surface area contributed by atoms with Crippen LogP contribution in [0.2, 0.25) is 0 Å². The van der Waals surface area contributed by atoms with Crippen molar-refractivity contribution < 1.29 is 24.1 Å². The Kier molecular flexibility index (Phi) is 9.86. The van der Waals surface area contributed by atoms with Gasteiger partial charge in [0.1, 0.15) is 18.0 Å². The van der Waals surface area contributed by atoms with Crippen molar-refractivity contribution in [2.45, 2.75) is 74.2 Å². The van der Waals surface area contributed by atoms with Gasteiger partial charge in [-0.25, -0.2) is 4.79 Å². The zero-order chi connectivity index (χ0) is 26.5. The van der Waals surface area contributed by atoms with Crippen LogP contribution in [0.3, 0.4) is 0 Å². The number of aromatic nitrogens is 2. The molecule has 3 rings (SSSR count). The minimum absolute atomic E-state index is 0.0926. The molecule has 0 bridgehead atoms. The molecule has 1 aromatic carbocycles. The fourth-order valence-corrected chi connectivity index (χ4v) is 6.07. The molecular formula is C24H36N4O6S2. The third kappa shape index (κ3) is 7.45. The molecule has 1 aliphatic rings. The molecule has 1 unspecified atom stereocenters. The molecule has 10 nitrogen and oxygen atoms in total. The van der Waals surface area contributed by atoms with E-state index in [-0.39, 0.29) is 23.8 Å². The van der Waals surface area contributed by atoms with E-state index >= 15 is 0 Å². The Balaban J connectivity index is 1.64. The van der Waals surface area contributed by atoms with E-state index in [1.807, 2.05) is 18.2 Å². The Labute approximate surface area is 219 Å². The lowest BCUT2D eigenvalue weighted by atomic mass is 9.93. The van der Waals surface area contributed by atoms with Crippen LogP contribution in [0.4, 0.5) is 5.82 Å². The Hall–Kier alpha value is -1.64. The van der Waals surface area contributed by atoms with Gasteiger partial charge in [0.2, 0.25) is 0 Å². The molecule has 1 fully saturated rings. The summed E-state index contributed by atoms with van der Waals surface area (Å²) in [5, 5.41) is 10.5. The standard InChI is InChI=1S/C24H36N4O6S2/c1-23(2,3)36-35-17-9-7-6-8-15(17)11-13-32-22(30)34-19-16(14-31-5)33-20(24(19,4)26)28-12-10-18(25)27-21(28)29/h6-10,12,16,19-20,22,30H,11,13-14,26H2,1-5H3,(H2,25,27,29)/t16-,19-,20-,22?,24-/m1/s1. The van der Waals surface area contributed by atoms with Crippen LogP contribution in [0.5, 0.6) is 0 Å². The SMILES string of the molecule is COC[C@H]1O[C@@H](n2ccc(N)nc2=O)[C@](C)(N)[C@@H]1OC(O)OCCc1ccccc1SSC(C)(C)C. The molecular weight excluding hydrogens is 504 g/mol. The van der Waals surface area contributed by atoms with Crippen molar-refractivity contribution in [2.75, 3.05) is 26.1 Å². The van der Waals surface area contributed by atoms with Crippen molar-refractivity contribution in [2.24, 2.45) is 5.73 Å². The summed E-state index contributed by atoms with van der Waals surface area (Å²) in [6.07, 6.45) is -0.365. The van der Waals surface area contributed by atoms with Gasteiger partial charge in [-0.1, -0.05) is 60.6 Å². The number of anilines is 1. The van der Waals surface area contributed by atoms with Gasteiger partial charge in [-0.3, -0.25) is 4.57 Å². The number of rotatable bonds is 11. The van der Waals surface area contributed by atoms with Crippen LogP contribution in [-0.2, 0) is 25.4 Å². The van der Waals surface area contributed by atoms with Gasteiger partial charge in [0.15, 0.2) is 6.23 Å². The number of nitrogens with two attached hydrogens (primary N) is 2. The average Bonchev–Trinajstić information content (AvgIpc) is 3.02. The second-order valence-electron chi connectivity index (χ2n) is 9.76. The van der Waals surface area contributed by atoms with Crippen molar-refractivity contribution in [3.8, 4) is 0 Å². The van der Waals surface area contributed by atoms with E-state index in [1.54, 1.807) is 28.5 Å². The Morgan fingerprint density at radius 3 is 2.69 bits per heavy atom. The zero-order valence-corrected chi connectivity index (χ0v) is 22.9. The molecule has 12 heteroatoms. The van der Waals surface area contributed by atoms with Crippen molar-refractivity contribution in [3.05, 3.63) is 52.6 Å². The zero-order valence-electron chi connectivity index (χ0n) is 21.2. The third-order valence-corrected chi connectivity index (χ3v) is 8.92. The molecule has 0 amide bonds. The lowest BCUT2D eigenvalue weighted by Gasteiger charge is -2.32. The summed E-state index contributed by atoms with van der Waals surface area (Å²) in [6.45, 7) is 7.00. The van der Waals surface area contributed by atoms with Crippen LogP contribution in [-0.4, -0.2) is 64.0 Å². The van der Waals surface area contributed by atoms with Gasteiger partial charge in [-0.2, -0.15) is 4.98 Å². The number of aliphatic hydroxyl groups excluding tert-OH is 1. The molecule has 0 radical (unpaired) electrons. The fraction of sp³-hybridized carbons (Fsp3) is 0.583. The highest BCUT2D eigenvalue weighted by atomic mass is 33.1. The summed E-state index contributed by atoms with van der Waals surface area (Å²) in [7, 11) is 5.03. The number of benzene rings is 1. The molecule has 2 aromatic rings. The van der Waals surface area contributed by atoms with E-state index < -0.39 is 36.1 Å². The number of nitrogen functional groups attached to an aromatic ring is 1. The molecule has 0 spiro atoms. The molecule has 1 aliphatic heterocycles. The van der Waals surface area contributed by atoms with E-state index in [0.29, 0.717) is 6.42 Å². The molecule has 0 saturated carbocycles. The van der Waals surface area contributed by atoms with Crippen LogP contribution in [0.25, 0.3) is 0 Å². The summed E-state index contributed by atoms with van der Waals surface area (Å²) in [5.41, 5.74) is 11.5. The number of hydrogen-bond donors (Lipinski definition) is 3. The summed E-state index contributed by atoms with van der Waals surface area (Å²) in [6, 6.07) is 9.58. The smallest absolute Gasteiger partial charge is 0.351 e.